The van der Waals surface area contributed by atoms with Crippen molar-refractivity contribution in [3.05, 3.63) is 81.8 Å². The molecule has 5 heteroatoms. The smallest absolute Gasteiger partial charge is 0.266 e. The van der Waals surface area contributed by atoms with E-state index in [1.54, 1.807) is 18.2 Å². The Bertz CT molecular complexity index is 969. The Morgan fingerprint density at radius 3 is 2.42 bits per heavy atom. The molecule has 0 radical (unpaired) electrons. The number of carbonyl (C=O) groups excluding carboxylic acids is 2. The lowest BCUT2D eigenvalue weighted by atomic mass is 9.95. The summed E-state index contributed by atoms with van der Waals surface area (Å²) in [6.07, 6.45) is 0. The molecule has 2 amide bonds. The van der Waals surface area contributed by atoms with E-state index in [0.29, 0.717) is 16.5 Å². The van der Waals surface area contributed by atoms with E-state index in [9.17, 15) is 9.59 Å². The van der Waals surface area contributed by atoms with E-state index in [1.165, 1.54) is 0 Å². The van der Waals surface area contributed by atoms with Gasteiger partial charge in [0.1, 0.15) is 6.61 Å². The largest absolute Gasteiger partial charge is 0.285 e. The van der Waals surface area contributed by atoms with Crippen LogP contribution in [0, 0.1) is 0 Å². The molecule has 1 aliphatic rings. The molecule has 3 aromatic carbocycles. The minimum Gasteiger partial charge on any atom is -0.266 e. The van der Waals surface area contributed by atoms with Gasteiger partial charge >= 0.3 is 0 Å². The summed E-state index contributed by atoms with van der Waals surface area (Å²) in [6.45, 7) is 0.150. The van der Waals surface area contributed by atoms with Crippen LogP contribution < -0.4 is 0 Å². The maximum atomic E-state index is 12.7. The SMILES string of the molecule is O=C1c2cccc3cc(Br)cc(c23)C(=O)N1OCc1ccccc1. The van der Waals surface area contributed by atoms with Gasteiger partial charge < -0.3 is 0 Å². The van der Waals surface area contributed by atoms with Gasteiger partial charge in [-0.2, -0.15) is 0 Å². The maximum Gasteiger partial charge on any atom is 0.285 e. The first-order valence-corrected chi connectivity index (χ1v) is 8.22. The summed E-state index contributed by atoms with van der Waals surface area (Å²) in [4.78, 5) is 31.0. The summed E-state index contributed by atoms with van der Waals surface area (Å²) in [5, 5.41) is 2.38. The number of imide groups is 1. The molecule has 0 saturated carbocycles. The third-order valence-electron chi connectivity index (χ3n) is 3.97. The van der Waals surface area contributed by atoms with E-state index < -0.39 is 11.8 Å². The molecule has 1 heterocycles. The molecule has 24 heavy (non-hydrogen) atoms. The molecule has 0 spiro atoms. The van der Waals surface area contributed by atoms with E-state index in [-0.39, 0.29) is 6.61 Å². The van der Waals surface area contributed by atoms with Crippen LogP contribution in [0.25, 0.3) is 10.8 Å². The van der Waals surface area contributed by atoms with Crippen molar-refractivity contribution in [3.8, 4) is 0 Å². The summed E-state index contributed by atoms with van der Waals surface area (Å²) < 4.78 is 0.785. The van der Waals surface area contributed by atoms with Crippen LogP contribution in [0.1, 0.15) is 26.3 Å². The highest BCUT2D eigenvalue weighted by molar-refractivity contribution is 9.10. The van der Waals surface area contributed by atoms with Gasteiger partial charge in [-0.1, -0.05) is 58.4 Å². The number of hydrogen-bond acceptors (Lipinski definition) is 3. The quantitative estimate of drug-likeness (QED) is 0.634. The normalized spacial score (nSPS) is 13.6. The standard InChI is InChI=1S/C19H12BrNO3/c20-14-9-13-7-4-8-15-17(13)16(10-14)19(23)21(18(15)22)24-11-12-5-2-1-3-6-12/h1-10H,11H2. The molecule has 0 fully saturated rings. The molecule has 4 rings (SSSR count). The lowest BCUT2D eigenvalue weighted by molar-refractivity contribution is -0.104. The topological polar surface area (TPSA) is 46.6 Å². The summed E-state index contributed by atoms with van der Waals surface area (Å²) in [5.41, 5.74) is 1.82. The predicted octanol–water partition coefficient (Wildman–Crippen LogP) is 4.33. The third kappa shape index (κ3) is 2.42. The fraction of sp³-hybridized carbons (Fsp3) is 0.0526. The fourth-order valence-electron chi connectivity index (χ4n) is 2.88. The number of benzene rings is 3. The Kier molecular flexibility index (Phi) is 3.67. The van der Waals surface area contributed by atoms with Gasteiger partial charge in [0.25, 0.3) is 11.8 Å². The molecule has 4 nitrogen and oxygen atoms in total. The Labute approximate surface area is 146 Å². The first-order chi connectivity index (χ1) is 11.6. The molecule has 0 aliphatic carbocycles. The summed E-state index contributed by atoms with van der Waals surface area (Å²) in [5.74, 6) is -0.878. The molecular formula is C19H12BrNO3. The monoisotopic (exact) mass is 381 g/mol. The molecule has 0 saturated heterocycles. The van der Waals surface area contributed by atoms with Gasteiger partial charge in [0.05, 0.1) is 11.1 Å². The number of nitrogens with zero attached hydrogens (tertiary/aromatic N) is 1. The van der Waals surface area contributed by atoms with E-state index in [4.69, 9.17) is 4.84 Å². The van der Waals surface area contributed by atoms with Crippen LogP contribution >= 0.6 is 15.9 Å². The van der Waals surface area contributed by atoms with Crippen LogP contribution in [0.5, 0.6) is 0 Å². The Balaban J connectivity index is 1.74. The first-order valence-electron chi connectivity index (χ1n) is 7.43. The van der Waals surface area contributed by atoms with Gasteiger partial charge in [0.15, 0.2) is 0 Å². The van der Waals surface area contributed by atoms with Crippen LogP contribution in [0.4, 0.5) is 0 Å². The fourth-order valence-corrected chi connectivity index (χ4v) is 3.36. The van der Waals surface area contributed by atoms with E-state index in [2.05, 4.69) is 15.9 Å². The average Bonchev–Trinajstić information content (AvgIpc) is 2.60. The molecule has 0 atom stereocenters. The molecule has 0 unspecified atom stereocenters. The molecule has 3 aromatic rings. The Hall–Kier alpha value is -2.50. The highest BCUT2D eigenvalue weighted by atomic mass is 79.9. The minimum absolute atomic E-state index is 0.150. The zero-order valence-electron chi connectivity index (χ0n) is 12.5. The van der Waals surface area contributed by atoms with Gasteiger partial charge in [-0.3, -0.25) is 14.4 Å². The highest BCUT2D eigenvalue weighted by Crippen LogP contribution is 2.33. The van der Waals surface area contributed by atoms with Crippen LogP contribution in [-0.2, 0) is 11.4 Å². The van der Waals surface area contributed by atoms with Crippen molar-refractivity contribution >= 4 is 38.5 Å². The van der Waals surface area contributed by atoms with E-state index in [0.717, 1.165) is 20.5 Å². The lowest BCUT2D eigenvalue weighted by Gasteiger charge is -2.26. The molecular weight excluding hydrogens is 370 g/mol. The number of carbonyl (C=O) groups is 2. The molecule has 1 aliphatic heterocycles. The van der Waals surface area contributed by atoms with Gasteiger partial charge in [-0.15, -0.1) is 5.06 Å². The third-order valence-corrected chi connectivity index (χ3v) is 4.43. The number of halogens is 1. The van der Waals surface area contributed by atoms with E-state index >= 15 is 0 Å². The molecule has 118 valence electrons. The van der Waals surface area contributed by atoms with Crippen molar-refractivity contribution in [3.63, 3.8) is 0 Å². The van der Waals surface area contributed by atoms with Crippen LogP contribution in [0.3, 0.4) is 0 Å². The lowest BCUT2D eigenvalue weighted by Crippen LogP contribution is -2.40. The van der Waals surface area contributed by atoms with Gasteiger partial charge in [-0.05, 0) is 29.1 Å². The van der Waals surface area contributed by atoms with Crippen LogP contribution in [0.2, 0.25) is 0 Å². The van der Waals surface area contributed by atoms with Crippen molar-refractivity contribution in [2.75, 3.05) is 0 Å². The molecule has 0 aromatic heterocycles. The second kappa shape index (κ2) is 5.85. The van der Waals surface area contributed by atoms with E-state index in [1.807, 2.05) is 42.5 Å². The van der Waals surface area contributed by atoms with Gasteiger partial charge in [-0.25, -0.2) is 0 Å². The van der Waals surface area contributed by atoms with Crippen molar-refractivity contribution in [2.45, 2.75) is 6.61 Å². The summed E-state index contributed by atoms with van der Waals surface area (Å²) >= 11 is 3.41. The second-order valence-electron chi connectivity index (χ2n) is 5.52. The van der Waals surface area contributed by atoms with Crippen molar-refractivity contribution in [1.29, 1.82) is 0 Å². The van der Waals surface area contributed by atoms with Gasteiger partial charge in [0.2, 0.25) is 0 Å². The van der Waals surface area contributed by atoms with Crippen molar-refractivity contribution in [2.24, 2.45) is 0 Å². The average molecular weight is 382 g/mol. The Morgan fingerprint density at radius 1 is 0.875 bits per heavy atom. The van der Waals surface area contributed by atoms with Crippen LogP contribution in [0.15, 0.2) is 65.1 Å². The zero-order chi connectivity index (χ0) is 16.7. The Morgan fingerprint density at radius 2 is 1.62 bits per heavy atom. The number of rotatable bonds is 3. The number of hydroxylamine groups is 2. The molecule has 0 N–H and O–H groups in total. The van der Waals surface area contributed by atoms with Crippen molar-refractivity contribution in [1.82, 2.24) is 5.06 Å². The number of amides is 2. The number of hydrogen-bond donors (Lipinski definition) is 0. The first kappa shape index (κ1) is 15.1. The van der Waals surface area contributed by atoms with Crippen LogP contribution in [-0.4, -0.2) is 16.9 Å². The van der Waals surface area contributed by atoms with Gasteiger partial charge in [0, 0.05) is 9.86 Å². The maximum absolute atomic E-state index is 12.7. The zero-order valence-corrected chi connectivity index (χ0v) is 14.1. The summed E-state index contributed by atoms with van der Waals surface area (Å²) in [6, 6.07) is 18.4. The minimum atomic E-state index is -0.444. The highest BCUT2D eigenvalue weighted by Gasteiger charge is 2.34. The molecule has 0 bridgehead atoms. The van der Waals surface area contributed by atoms with Crippen molar-refractivity contribution < 1.29 is 14.4 Å². The predicted molar refractivity (Wildman–Crippen MR) is 93.4 cm³/mol. The second-order valence-corrected chi connectivity index (χ2v) is 6.44. The summed E-state index contributed by atoms with van der Waals surface area (Å²) in [7, 11) is 0.